The molecule has 0 bridgehead atoms. The van der Waals surface area contributed by atoms with E-state index in [0.29, 0.717) is 5.56 Å². The van der Waals surface area contributed by atoms with E-state index < -0.39 is 11.6 Å². The highest BCUT2D eigenvalue weighted by Crippen LogP contribution is 2.23. The van der Waals surface area contributed by atoms with Crippen molar-refractivity contribution < 1.29 is 13.2 Å². The molecule has 0 spiro atoms. The molecule has 20 heavy (non-hydrogen) atoms. The zero-order chi connectivity index (χ0) is 14.7. The van der Waals surface area contributed by atoms with Gasteiger partial charge < -0.3 is 5.32 Å². The number of halogens is 4. The van der Waals surface area contributed by atoms with E-state index in [-0.39, 0.29) is 28.4 Å². The molecular formula is C15H13BrF3N. The molecule has 5 heteroatoms. The van der Waals surface area contributed by atoms with E-state index in [1.165, 1.54) is 18.2 Å². The molecule has 0 fully saturated rings. The van der Waals surface area contributed by atoms with Crippen molar-refractivity contribution in [1.29, 1.82) is 0 Å². The predicted molar refractivity (Wildman–Crippen MR) is 75.7 cm³/mol. The van der Waals surface area contributed by atoms with Crippen LogP contribution in [0.3, 0.4) is 0 Å². The van der Waals surface area contributed by atoms with Gasteiger partial charge in [-0.2, -0.15) is 0 Å². The van der Waals surface area contributed by atoms with Crippen LogP contribution in [0, 0.1) is 17.5 Å². The molecule has 0 amide bonds. The second-order valence-electron chi connectivity index (χ2n) is 4.45. The van der Waals surface area contributed by atoms with Crippen molar-refractivity contribution in [3.8, 4) is 0 Å². The summed E-state index contributed by atoms with van der Waals surface area (Å²) >= 11 is 3.01. The van der Waals surface area contributed by atoms with Gasteiger partial charge in [-0.05, 0) is 41.1 Å². The maximum Gasteiger partial charge on any atom is 0.144 e. The molecule has 0 heterocycles. The molecule has 1 unspecified atom stereocenters. The lowest BCUT2D eigenvalue weighted by atomic mass is 10.1. The lowest BCUT2D eigenvalue weighted by Crippen LogP contribution is -2.20. The van der Waals surface area contributed by atoms with Gasteiger partial charge in [0.2, 0.25) is 0 Å². The van der Waals surface area contributed by atoms with Crippen LogP contribution >= 0.6 is 15.9 Å². The van der Waals surface area contributed by atoms with Gasteiger partial charge >= 0.3 is 0 Å². The third kappa shape index (κ3) is 3.22. The molecule has 2 rings (SSSR count). The minimum Gasteiger partial charge on any atom is -0.306 e. The first kappa shape index (κ1) is 15.1. The van der Waals surface area contributed by atoms with E-state index in [1.54, 1.807) is 25.1 Å². The average Bonchev–Trinajstić information content (AvgIpc) is 2.43. The molecule has 1 N–H and O–H groups in total. The summed E-state index contributed by atoms with van der Waals surface area (Å²) in [5.41, 5.74) is 0.394. The first-order valence-electron chi connectivity index (χ1n) is 6.11. The van der Waals surface area contributed by atoms with Crippen molar-refractivity contribution in [3.63, 3.8) is 0 Å². The van der Waals surface area contributed by atoms with Crippen LogP contribution in [-0.2, 0) is 6.54 Å². The van der Waals surface area contributed by atoms with Gasteiger partial charge in [-0.3, -0.25) is 0 Å². The summed E-state index contributed by atoms with van der Waals surface area (Å²) in [6, 6.07) is 8.46. The Kier molecular flexibility index (Phi) is 4.83. The van der Waals surface area contributed by atoms with Crippen molar-refractivity contribution in [2.75, 3.05) is 0 Å². The molecule has 1 nitrogen and oxygen atoms in total. The van der Waals surface area contributed by atoms with E-state index >= 15 is 0 Å². The van der Waals surface area contributed by atoms with Crippen molar-refractivity contribution in [3.05, 3.63) is 69.4 Å². The average molecular weight is 344 g/mol. The second kappa shape index (κ2) is 6.41. The topological polar surface area (TPSA) is 12.0 Å². The zero-order valence-electron chi connectivity index (χ0n) is 10.8. The fourth-order valence-corrected chi connectivity index (χ4v) is 2.29. The first-order valence-corrected chi connectivity index (χ1v) is 6.90. The second-order valence-corrected chi connectivity index (χ2v) is 5.30. The van der Waals surface area contributed by atoms with Crippen molar-refractivity contribution >= 4 is 15.9 Å². The van der Waals surface area contributed by atoms with Gasteiger partial charge in [-0.25, -0.2) is 13.2 Å². The van der Waals surface area contributed by atoms with E-state index in [4.69, 9.17) is 0 Å². The van der Waals surface area contributed by atoms with E-state index in [1.807, 2.05) is 0 Å². The van der Waals surface area contributed by atoms with Crippen molar-refractivity contribution in [2.45, 2.75) is 19.5 Å². The van der Waals surface area contributed by atoms with E-state index in [2.05, 4.69) is 21.2 Å². The lowest BCUT2D eigenvalue weighted by Gasteiger charge is -2.16. The summed E-state index contributed by atoms with van der Waals surface area (Å²) in [6.45, 7) is 1.72. The highest BCUT2D eigenvalue weighted by molar-refractivity contribution is 9.10. The van der Waals surface area contributed by atoms with Crippen LogP contribution in [0.25, 0.3) is 0 Å². The number of rotatable bonds is 4. The molecule has 106 valence electrons. The zero-order valence-corrected chi connectivity index (χ0v) is 12.3. The smallest absolute Gasteiger partial charge is 0.144 e. The summed E-state index contributed by atoms with van der Waals surface area (Å²) in [7, 11) is 0. The van der Waals surface area contributed by atoms with Gasteiger partial charge in [0.05, 0.1) is 4.47 Å². The third-order valence-corrected chi connectivity index (χ3v) is 3.71. The highest BCUT2D eigenvalue weighted by Gasteiger charge is 2.15. The van der Waals surface area contributed by atoms with Crippen LogP contribution in [0.2, 0.25) is 0 Å². The Bertz CT molecular complexity index is 616. The van der Waals surface area contributed by atoms with Crippen LogP contribution in [0.15, 0.2) is 40.9 Å². The third-order valence-electron chi connectivity index (χ3n) is 3.10. The Morgan fingerprint density at radius 1 is 1.05 bits per heavy atom. The number of benzene rings is 2. The summed E-state index contributed by atoms with van der Waals surface area (Å²) in [6.07, 6.45) is 0. The highest BCUT2D eigenvalue weighted by atomic mass is 79.9. The van der Waals surface area contributed by atoms with Crippen LogP contribution in [0.4, 0.5) is 13.2 Å². The minimum atomic E-state index is -0.641. The Balaban J connectivity index is 2.14. The Hall–Kier alpha value is -1.33. The molecule has 0 aliphatic heterocycles. The maximum absolute atomic E-state index is 13.8. The van der Waals surface area contributed by atoms with Gasteiger partial charge in [0.15, 0.2) is 0 Å². The molecular weight excluding hydrogens is 331 g/mol. The van der Waals surface area contributed by atoms with Gasteiger partial charge in [0.1, 0.15) is 17.5 Å². The summed E-state index contributed by atoms with van der Waals surface area (Å²) in [4.78, 5) is 0. The predicted octanol–water partition coefficient (Wildman–Crippen LogP) is 4.72. The maximum atomic E-state index is 13.8. The van der Waals surface area contributed by atoms with Gasteiger partial charge in [-0.1, -0.05) is 18.2 Å². The Morgan fingerprint density at radius 3 is 2.45 bits per heavy atom. The molecule has 2 aromatic rings. The van der Waals surface area contributed by atoms with E-state index in [9.17, 15) is 13.2 Å². The van der Waals surface area contributed by atoms with Crippen LogP contribution in [0.1, 0.15) is 24.1 Å². The summed E-state index contributed by atoms with van der Waals surface area (Å²) in [5.74, 6) is -1.61. The molecule has 0 aliphatic rings. The van der Waals surface area contributed by atoms with Gasteiger partial charge in [-0.15, -0.1) is 0 Å². The number of nitrogens with one attached hydrogen (secondary N) is 1. The quantitative estimate of drug-likeness (QED) is 0.792. The number of hydrogen-bond donors (Lipinski definition) is 1. The largest absolute Gasteiger partial charge is 0.306 e. The number of hydrogen-bond acceptors (Lipinski definition) is 1. The van der Waals surface area contributed by atoms with Gasteiger partial charge in [0.25, 0.3) is 0 Å². The van der Waals surface area contributed by atoms with Crippen molar-refractivity contribution in [1.82, 2.24) is 5.32 Å². The van der Waals surface area contributed by atoms with Crippen LogP contribution in [-0.4, -0.2) is 0 Å². The normalized spacial score (nSPS) is 12.4. The van der Waals surface area contributed by atoms with Crippen LogP contribution < -0.4 is 5.32 Å². The molecule has 2 aromatic carbocycles. The van der Waals surface area contributed by atoms with Crippen LogP contribution in [0.5, 0.6) is 0 Å². The monoisotopic (exact) mass is 343 g/mol. The molecule has 0 aliphatic carbocycles. The SMILES string of the molecule is CC(NCc1c(F)ccc(Br)c1F)c1ccccc1F. The molecule has 0 saturated carbocycles. The standard InChI is InChI=1S/C15H13BrF3N/c1-9(10-4-2-3-5-13(10)17)20-8-11-14(18)7-6-12(16)15(11)19/h2-7,9,20H,8H2,1H3. The fourth-order valence-electron chi connectivity index (χ4n) is 1.92. The summed E-state index contributed by atoms with van der Waals surface area (Å²) in [5, 5.41) is 2.92. The minimum absolute atomic E-state index is 0.0212. The van der Waals surface area contributed by atoms with E-state index in [0.717, 1.165) is 0 Å². The van der Waals surface area contributed by atoms with Crippen molar-refractivity contribution in [2.24, 2.45) is 0 Å². The molecule has 0 aromatic heterocycles. The Labute approximate surface area is 123 Å². The van der Waals surface area contributed by atoms with Gasteiger partial charge in [0, 0.05) is 23.7 Å². The molecule has 1 atom stereocenters. The molecule has 0 radical (unpaired) electrons. The Morgan fingerprint density at radius 2 is 1.75 bits per heavy atom. The fraction of sp³-hybridized carbons (Fsp3) is 0.200. The first-order chi connectivity index (χ1) is 9.50. The lowest BCUT2D eigenvalue weighted by molar-refractivity contribution is 0.493. The molecule has 0 saturated heterocycles. The summed E-state index contributed by atoms with van der Waals surface area (Å²) < 4.78 is 41.2.